The first-order valence-corrected chi connectivity index (χ1v) is 8.93. The highest BCUT2D eigenvalue weighted by Gasteiger charge is 2.35. The molecular formula is C15H28N2O3S. The molecule has 2 amide bonds. The molecule has 0 heterocycles. The molecule has 0 aromatic heterocycles. The summed E-state index contributed by atoms with van der Waals surface area (Å²) in [5.74, 6) is 0.214. The molecule has 5 nitrogen and oxygen atoms in total. The Morgan fingerprint density at radius 1 is 1.24 bits per heavy atom. The maximum Gasteiger partial charge on any atom is 0.315 e. The van der Waals surface area contributed by atoms with Crippen molar-refractivity contribution in [2.24, 2.45) is 5.41 Å². The highest BCUT2D eigenvalue weighted by molar-refractivity contribution is 7.99. The third-order valence-corrected chi connectivity index (χ3v) is 5.87. The third kappa shape index (κ3) is 4.80. The quantitative estimate of drug-likeness (QED) is 0.643. The summed E-state index contributed by atoms with van der Waals surface area (Å²) >= 11 is 1.89. The molecular weight excluding hydrogens is 288 g/mol. The van der Waals surface area contributed by atoms with Crippen molar-refractivity contribution in [1.29, 1.82) is 0 Å². The summed E-state index contributed by atoms with van der Waals surface area (Å²) in [4.78, 5) is 23.4. The van der Waals surface area contributed by atoms with E-state index in [2.05, 4.69) is 17.6 Å². The van der Waals surface area contributed by atoms with E-state index in [0.29, 0.717) is 18.1 Å². The molecule has 0 bridgehead atoms. The number of carbonyl (C=O) groups excluding carboxylic acids is 1. The van der Waals surface area contributed by atoms with Gasteiger partial charge in [-0.15, -0.1) is 0 Å². The summed E-state index contributed by atoms with van der Waals surface area (Å²) in [6.45, 7) is 6.01. The van der Waals surface area contributed by atoms with Gasteiger partial charge in [0.05, 0.1) is 5.41 Å². The van der Waals surface area contributed by atoms with Crippen molar-refractivity contribution < 1.29 is 14.7 Å². The molecule has 0 aliphatic heterocycles. The molecule has 0 radical (unpaired) electrons. The van der Waals surface area contributed by atoms with Gasteiger partial charge in [0.15, 0.2) is 0 Å². The first-order chi connectivity index (χ1) is 9.99. The smallest absolute Gasteiger partial charge is 0.315 e. The van der Waals surface area contributed by atoms with Gasteiger partial charge in [0.25, 0.3) is 0 Å². The maximum atomic E-state index is 12.0. The monoisotopic (exact) mass is 316 g/mol. The molecule has 3 N–H and O–H groups in total. The largest absolute Gasteiger partial charge is 0.481 e. The van der Waals surface area contributed by atoms with Crippen LogP contribution in [0.15, 0.2) is 0 Å². The molecule has 1 rings (SSSR count). The van der Waals surface area contributed by atoms with Gasteiger partial charge in [0.1, 0.15) is 0 Å². The molecule has 122 valence electrons. The fraction of sp³-hybridized carbons (Fsp3) is 0.867. The number of carboxylic acid groups (broad SMARTS) is 1. The number of amides is 2. The summed E-state index contributed by atoms with van der Waals surface area (Å²) in [6, 6.07) is -0.0337. The van der Waals surface area contributed by atoms with Crippen LogP contribution in [0.2, 0.25) is 0 Å². The van der Waals surface area contributed by atoms with Crippen molar-refractivity contribution in [2.45, 2.75) is 64.2 Å². The lowest BCUT2D eigenvalue weighted by Gasteiger charge is -2.28. The standard InChI is InChI=1S/C15H28N2O3S/c1-4-15(5-2,13(18)19)10-16-14(20)17-11-8-7-9-12(11)21-6-3/h11-12H,4-10H2,1-3H3,(H,18,19)(H2,16,17,20). The van der Waals surface area contributed by atoms with Crippen LogP contribution in [-0.2, 0) is 4.79 Å². The van der Waals surface area contributed by atoms with Crippen molar-refractivity contribution in [2.75, 3.05) is 12.3 Å². The Morgan fingerprint density at radius 2 is 1.90 bits per heavy atom. The maximum absolute atomic E-state index is 12.0. The van der Waals surface area contributed by atoms with Gasteiger partial charge in [0.2, 0.25) is 0 Å². The highest BCUT2D eigenvalue weighted by atomic mass is 32.2. The van der Waals surface area contributed by atoms with Crippen LogP contribution >= 0.6 is 11.8 Å². The zero-order valence-electron chi connectivity index (χ0n) is 13.3. The Hall–Kier alpha value is -0.910. The molecule has 0 saturated heterocycles. The van der Waals surface area contributed by atoms with E-state index in [4.69, 9.17) is 0 Å². The van der Waals surface area contributed by atoms with Crippen molar-refractivity contribution in [3.05, 3.63) is 0 Å². The Balaban J connectivity index is 2.48. The van der Waals surface area contributed by atoms with E-state index in [0.717, 1.165) is 25.0 Å². The normalized spacial score (nSPS) is 22.0. The zero-order valence-corrected chi connectivity index (χ0v) is 14.1. The van der Waals surface area contributed by atoms with E-state index in [1.54, 1.807) is 0 Å². The van der Waals surface area contributed by atoms with Gasteiger partial charge in [-0.1, -0.05) is 27.2 Å². The van der Waals surface area contributed by atoms with Gasteiger partial charge in [-0.2, -0.15) is 11.8 Å². The Morgan fingerprint density at radius 3 is 2.43 bits per heavy atom. The number of urea groups is 1. The van der Waals surface area contributed by atoms with Gasteiger partial charge in [-0.25, -0.2) is 4.79 Å². The van der Waals surface area contributed by atoms with Crippen LogP contribution in [0, 0.1) is 5.41 Å². The van der Waals surface area contributed by atoms with Crippen molar-refractivity contribution in [3.8, 4) is 0 Å². The number of hydrogen-bond acceptors (Lipinski definition) is 3. The number of carboxylic acids is 1. The van der Waals surface area contributed by atoms with Crippen LogP contribution in [0.1, 0.15) is 52.9 Å². The van der Waals surface area contributed by atoms with Crippen LogP contribution < -0.4 is 10.6 Å². The van der Waals surface area contributed by atoms with Gasteiger partial charge in [-0.3, -0.25) is 4.79 Å². The summed E-state index contributed by atoms with van der Waals surface area (Å²) in [5.41, 5.74) is -0.857. The lowest BCUT2D eigenvalue weighted by atomic mass is 9.82. The van der Waals surface area contributed by atoms with E-state index in [9.17, 15) is 14.7 Å². The Labute approximate surface area is 131 Å². The molecule has 2 atom stereocenters. The number of thioether (sulfide) groups is 1. The van der Waals surface area contributed by atoms with E-state index in [1.807, 2.05) is 25.6 Å². The topological polar surface area (TPSA) is 78.4 Å². The molecule has 0 spiro atoms. The summed E-state index contributed by atoms with van der Waals surface area (Å²) in [5, 5.41) is 15.6. The minimum Gasteiger partial charge on any atom is -0.481 e. The van der Waals surface area contributed by atoms with Gasteiger partial charge in [0, 0.05) is 17.8 Å². The van der Waals surface area contributed by atoms with Crippen LogP contribution in [0.3, 0.4) is 0 Å². The number of aliphatic carboxylic acids is 1. The molecule has 1 aliphatic carbocycles. The lowest BCUT2D eigenvalue weighted by molar-refractivity contribution is -0.149. The van der Waals surface area contributed by atoms with Gasteiger partial charge >= 0.3 is 12.0 Å². The van der Waals surface area contributed by atoms with Gasteiger partial charge in [-0.05, 0) is 31.4 Å². The van der Waals surface area contributed by atoms with Crippen molar-refractivity contribution in [3.63, 3.8) is 0 Å². The number of hydrogen-bond donors (Lipinski definition) is 3. The second kappa shape index (κ2) is 8.51. The summed E-state index contributed by atoms with van der Waals surface area (Å²) < 4.78 is 0. The first-order valence-electron chi connectivity index (χ1n) is 7.88. The average molecular weight is 316 g/mol. The molecule has 2 unspecified atom stereocenters. The lowest BCUT2D eigenvalue weighted by Crippen LogP contribution is -2.49. The van der Waals surface area contributed by atoms with E-state index >= 15 is 0 Å². The van der Waals surface area contributed by atoms with Crippen LogP contribution in [0.5, 0.6) is 0 Å². The molecule has 0 aromatic carbocycles. The zero-order chi connectivity index (χ0) is 15.9. The highest BCUT2D eigenvalue weighted by Crippen LogP contribution is 2.30. The fourth-order valence-electron chi connectivity index (χ4n) is 2.85. The van der Waals surface area contributed by atoms with E-state index in [1.165, 1.54) is 0 Å². The third-order valence-electron chi connectivity index (χ3n) is 4.54. The Kier molecular flexibility index (Phi) is 7.35. The second-order valence-corrected chi connectivity index (χ2v) is 7.17. The predicted octanol–water partition coefficient (Wildman–Crippen LogP) is 2.85. The predicted molar refractivity (Wildman–Crippen MR) is 86.7 cm³/mol. The SMILES string of the molecule is CCSC1CCCC1NC(=O)NCC(CC)(CC)C(=O)O. The second-order valence-electron chi connectivity index (χ2n) is 5.65. The minimum absolute atomic E-state index is 0.180. The van der Waals surface area contributed by atoms with E-state index in [-0.39, 0.29) is 18.6 Å². The van der Waals surface area contributed by atoms with Crippen molar-refractivity contribution in [1.82, 2.24) is 10.6 Å². The average Bonchev–Trinajstić information content (AvgIpc) is 2.88. The van der Waals surface area contributed by atoms with Crippen molar-refractivity contribution >= 4 is 23.8 Å². The molecule has 1 saturated carbocycles. The molecule has 1 aliphatic rings. The van der Waals surface area contributed by atoms with Gasteiger partial charge < -0.3 is 15.7 Å². The first kappa shape index (κ1) is 18.1. The molecule has 6 heteroatoms. The van der Waals surface area contributed by atoms with Crippen LogP contribution in [0.4, 0.5) is 4.79 Å². The van der Waals surface area contributed by atoms with E-state index < -0.39 is 11.4 Å². The summed E-state index contributed by atoms with van der Waals surface area (Å²) in [7, 11) is 0. The number of carbonyl (C=O) groups is 2. The van der Waals surface area contributed by atoms with Crippen LogP contribution in [-0.4, -0.2) is 40.7 Å². The number of rotatable bonds is 8. The minimum atomic E-state index is -0.857. The van der Waals surface area contributed by atoms with Crippen LogP contribution in [0.25, 0.3) is 0 Å². The molecule has 0 aromatic rings. The number of nitrogens with one attached hydrogen (secondary N) is 2. The molecule has 21 heavy (non-hydrogen) atoms. The fourth-order valence-corrected chi connectivity index (χ4v) is 4.05. The Bertz CT molecular complexity index is 359. The summed E-state index contributed by atoms with van der Waals surface area (Å²) in [6.07, 6.45) is 4.32. The molecule has 1 fully saturated rings.